The standard InChI is InChI=1S/C11H10N4/c1-6-3-8-4-12-5-13-10(8)11-9(6)14-7(2)15-11/h3-5H,1-2H3,(H,14,15). The third-order valence-corrected chi connectivity index (χ3v) is 2.55. The summed E-state index contributed by atoms with van der Waals surface area (Å²) in [6.45, 7) is 4.00. The number of aryl methyl sites for hydroxylation is 2. The van der Waals surface area contributed by atoms with E-state index in [1.807, 2.05) is 13.1 Å². The Morgan fingerprint density at radius 2 is 2.07 bits per heavy atom. The van der Waals surface area contributed by atoms with Gasteiger partial charge in [-0.2, -0.15) is 0 Å². The molecule has 3 aromatic rings. The molecule has 3 rings (SSSR count). The molecule has 15 heavy (non-hydrogen) atoms. The highest BCUT2D eigenvalue weighted by molar-refractivity contribution is 6.02. The summed E-state index contributed by atoms with van der Waals surface area (Å²) in [5.74, 6) is 0.916. The molecule has 1 N–H and O–H groups in total. The molecule has 0 amide bonds. The maximum Gasteiger partial charge on any atom is 0.116 e. The molecule has 0 atom stereocenters. The van der Waals surface area contributed by atoms with Crippen LogP contribution in [0.25, 0.3) is 21.9 Å². The third-order valence-electron chi connectivity index (χ3n) is 2.55. The molecular formula is C11H10N4. The molecule has 0 spiro atoms. The van der Waals surface area contributed by atoms with Crippen LogP contribution >= 0.6 is 0 Å². The summed E-state index contributed by atoms with van der Waals surface area (Å²) in [7, 11) is 0. The lowest BCUT2D eigenvalue weighted by Crippen LogP contribution is -1.85. The number of aromatic amines is 1. The van der Waals surface area contributed by atoms with E-state index in [4.69, 9.17) is 0 Å². The SMILES string of the molecule is Cc1nc2c(C)cc3cncnc3c2[nH]1. The summed E-state index contributed by atoms with van der Waals surface area (Å²) in [6.07, 6.45) is 3.39. The van der Waals surface area contributed by atoms with E-state index in [0.717, 1.165) is 33.3 Å². The van der Waals surface area contributed by atoms with Crippen LogP contribution in [0.3, 0.4) is 0 Å². The lowest BCUT2D eigenvalue weighted by Gasteiger charge is -1.99. The predicted octanol–water partition coefficient (Wildman–Crippen LogP) is 2.12. The molecule has 0 fully saturated rings. The van der Waals surface area contributed by atoms with Gasteiger partial charge in [0, 0.05) is 11.6 Å². The summed E-state index contributed by atoms with van der Waals surface area (Å²) >= 11 is 0. The van der Waals surface area contributed by atoms with Crippen LogP contribution in [0.2, 0.25) is 0 Å². The number of hydrogen-bond donors (Lipinski definition) is 1. The normalized spacial score (nSPS) is 11.3. The van der Waals surface area contributed by atoms with Gasteiger partial charge in [-0.25, -0.2) is 15.0 Å². The van der Waals surface area contributed by atoms with Gasteiger partial charge in [-0.3, -0.25) is 0 Å². The van der Waals surface area contributed by atoms with Crippen molar-refractivity contribution in [1.29, 1.82) is 0 Å². The highest BCUT2D eigenvalue weighted by Crippen LogP contribution is 2.24. The number of benzene rings is 1. The molecular weight excluding hydrogens is 188 g/mol. The molecule has 2 aromatic heterocycles. The molecule has 74 valence electrons. The maximum absolute atomic E-state index is 4.45. The minimum Gasteiger partial charge on any atom is -0.340 e. The number of H-pyrrole nitrogens is 1. The Kier molecular flexibility index (Phi) is 1.54. The lowest BCUT2D eigenvalue weighted by atomic mass is 10.1. The van der Waals surface area contributed by atoms with E-state index < -0.39 is 0 Å². The zero-order chi connectivity index (χ0) is 10.4. The van der Waals surface area contributed by atoms with Gasteiger partial charge in [-0.1, -0.05) is 0 Å². The number of imidazole rings is 1. The maximum atomic E-state index is 4.45. The van der Waals surface area contributed by atoms with Gasteiger partial charge in [0.1, 0.15) is 12.2 Å². The molecule has 1 aromatic carbocycles. The van der Waals surface area contributed by atoms with Crippen molar-refractivity contribution in [2.24, 2.45) is 0 Å². The van der Waals surface area contributed by atoms with Gasteiger partial charge in [-0.15, -0.1) is 0 Å². The van der Waals surface area contributed by atoms with Crippen molar-refractivity contribution in [1.82, 2.24) is 19.9 Å². The molecule has 0 radical (unpaired) electrons. The number of hydrogen-bond acceptors (Lipinski definition) is 3. The van der Waals surface area contributed by atoms with Crippen LogP contribution in [0.4, 0.5) is 0 Å². The van der Waals surface area contributed by atoms with Crippen LogP contribution in [-0.2, 0) is 0 Å². The molecule has 0 saturated carbocycles. The van der Waals surface area contributed by atoms with E-state index in [1.165, 1.54) is 0 Å². The van der Waals surface area contributed by atoms with Crippen molar-refractivity contribution in [3.8, 4) is 0 Å². The van der Waals surface area contributed by atoms with Crippen molar-refractivity contribution in [2.75, 3.05) is 0 Å². The zero-order valence-corrected chi connectivity index (χ0v) is 8.57. The fourth-order valence-corrected chi connectivity index (χ4v) is 1.90. The van der Waals surface area contributed by atoms with Gasteiger partial charge in [0.05, 0.1) is 16.6 Å². The second kappa shape index (κ2) is 2.76. The van der Waals surface area contributed by atoms with Crippen LogP contribution in [0, 0.1) is 13.8 Å². The highest BCUT2D eigenvalue weighted by Gasteiger charge is 2.08. The molecule has 4 heteroatoms. The monoisotopic (exact) mass is 198 g/mol. The van der Waals surface area contributed by atoms with E-state index >= 15 is 0 Å². The lowest BCUT2D eigenvalue weighted by molar-refractivity contribution is 1.17. The van der Waals surface area contributed by atoms with Crippen LogP contribution in [0.5, 0.6) is 0 Å². The summed E-state index contributed by atoms with van der Waals surface area (Å²) in [5, 5.41) is 1.05. The van der Waals surface area contributed by atoms with Gasteiger partial charge in [-0.05, 0) is 25.5 Å². The number of rotatable bonds is 0. The first-order chi connectivity index (χ1) is 7.25. The van der Waals surface area contributed by atoms with Gasteiger partial charge in [0.25, 0.3) is 0 Å². The Labute approximate surface area is 86.4 Å². The molecule has 0 bridgehead atoms. The smallest absolute Gasteiger partial charge is 0.116 e. The van der Waals surface area contributed by atoms with E-state index in [9.17, 15) is 0 Å². The topological polar surface area (TPSA) is 54.5 Å². The average Bonchev–Trinajstić information content (AvgIpc) is 2.61. The first-order valence-electron chi connectivity index (χ1n) is 4.81. The molecule has 2 heterocycles. The summed E-state index contributed by atoms with van der Waals surface area (Å²) in [6, 6.07) is 2.07. The van der Waals surface area contributed by atoms with E-state index in [0.29, 0.717) is 0 Å². The van der Waals surface area contributed by atoms with Crippen molar-refractivity contribution >= 4 is 21.9 Å². The minimum absolute atomic E-state index is 0.916. The number of nitrogens with zero attached hydrogens (tertiary/aromatic N) is 3. The molecule has 4 nitrogen and oxygen atoms in total. The number of fused-ring (bicyclic) bond motifs is 3. The molecule has 0 aliphatic carbocycles. The van der Waals surface area contributed by atoms with Gasteiger partial charge >= 0.3 is 0 Å². The molecule has 0 aliphatic rings. The fraction of sp³-hybridized carbons (Fsp3) is 0.182. The van der Waals surface area contributed by atoms with Crippen molar-refractivity contribution < 1.29 is 0 Å². The minimum atomic E-state index is 0.916. The summed E-state index contributed by atoms with van der Waals surface area (Å²) in [5.41, 5.74) is 4.09. The first kappa shape index (κ1) is 8.35. The van der Waals surface area contributed by atoms with Gasteiger partial charge in [0.15, 0.2) is 0 Å². The number of nitrogens with one attached hydrogen (secondary N) is 1. The molecule has 0 unspecified atom stereocenters. The Morgan fingerprint density at radius 3 is 2.93 bits per heavy atom. The van der Waals surface area contributed by atoms with Gasteiger partial charge < -0.3 is 4.98 Å². The van der Waals surface area contributed by atoms with E-state index in [1.54, 1.807) is 6.33 Å². The summed E-state index contributed by atoms with van der Waals surface area (Å²) < 4.78 is 0. The van der Waals surface area contributed by atoms with Crippen molar-refractivity contribution in [3.63, 3.8) is 0 Å². The van der Waals surface area contributed by atoms with E-state index in [-0.39, 0.29) is 0 Å². The number of aromatic nitrogens is 4. The third kappa shape index (κ3) is 1.11. The average molecular weight is 198 g/mol. The highest BCUT2D eigenvalue weighted by atomic mass is 14.9. The van der Waals surface area contributed by atoms with E-state index in [2.05, 4.69) is 32.9 Å². The second-order valence-corrected chi connectivity index (χ2v) is 3.70. The van der Waals surface area contributed by atoms with Crippen LogP contribution in [-0.4, -0.2) is 19.9 Å². The molecule has 0 aliphatic heterocycles. The van der Waals surface area contributed by atoms with Crippen molar-refractivity contribution in [2.45, 2.75) is 13.8 Å². The van der Waals surface area contributed by atoms with Crippen molar-refractivity contribution in [3.05, 3.63) is 30.0 Å². The van der Waals surface area contributed by atoms with Crippen LogP contribution < -0.4 is 0 Å². The largest absolute Gasteiger partial charge is 0.340 e. The second-order valence-electron chi connectivity index (χ2n) is 3.70. The summed E-state index contributed by atoms with van der Waals surface area (Å²) in [4.78, 5) is 16.0. The van der Waals surface area contributed by atoms with Gasteiger partial charge in [0.2, 0.25) is 0 Å². The Morgan fingerprint density at radius 1 is 1.20 bits per heavy atom. The predicted molar refractivity (Wildman–Crippen MR) is 58.7 cm³/mol. The molecule has 0 saturated heterocycles. The van der Waals surface area contributed by atoms with Crippen LogP contribution in [0.15, 0.2) is 18.6 Å². The zero-order valence-electron chi connectivity index (χ0n) is 8.57. The van der Waals surface area contributed by atoms with Crippen LogP contribution in [0.1, 0.15) is 11.4 Å². The Balaban J connectivity index is 2.63. The Bertz CT molecular complexity index is 654. The Hall–Kier alpha value is -1.97. The first-order valence-corrected chi connectivity index (χ1v) is 4.81. The fourth-order valence-electron chi connectivity index (χ4n) is 1.90. The quantitative estimate of drug-likeness (QED) is 0.602.